The van der Waals surface area contributed by atoms with E-state index in [0.717, 1.165) is 31.1 Å². The number of benzene rings is 1. The number of hydrogen-bond acceptors (Lipinski definition) is 2. The summed E-state index contributed by atoms with van der Waals surface area (Å²) in [6, 6.07) is 5.29. The molecule has 2 rings (SSSR count). The predicted octanol–water partition coefficient (Wildman–Crippen LogP) is 4.22. The molecule has 4 heteroatoms. The standard InChI is InChI=1S/C17H26ClFN2/c1-21(16-6-3-2-4-7-16)11-5-10-20-13-14-12-15(19)8-9-17(14)18/h8-9,12,16,20H,2-7,10-11,13H2,1H3. The average molecular weight is 313 g/mol. The lowest BCUT2D eigenvalue weighted by atomic mass is 9.94. The van der Waals surface area contributed by atoms with E-state index in [1.165, 1.54) is 44.2 Å². The van der Waals surface area contributed by atoms with Gasteiger partial charge in [0, 0.05) is 17.6 Å². The van der Waals surface area contributed by atoms with Gasteiger partial charge in [-0.2, -0.15) is 0 Å². The Labute approximate surface area is 132 Å². The molecule has 0 heterocycles. The van der Waals surface area contributed by atoms with Gasteiger partial charge in [-0.05, 0) is 63.2 Å². The summed E-state index contributed by atoms with van der Waals surface area (Å²) in [5, 5.41) is 3.98. The minimum atomic E-state index is -0.228. The van der Waals surface area contributed by atoms with Crippen molar-refractivity contribution in [3.05, 3.63) is 34.6 Å². The van der Waals surface area contributed by atoms with Crippen molar-refractivity contribution in [2.24, 2.45) is 0 Å². The fourth-order valence-corrected chi connectivity index (χ4v) is 3.24. The lowest BCUT2D eigenvalue weighted by molar-refractivity contribution is 0.189. The summed E-state index contributed by atoms with van der Waals surface area (Å²) < 4.78 is 13.1. The Kier molecular flexibility index (Phi) is 6.94. The van der Waals surface area contributed by atoms with Crippen LogP contribution in [0.25, 0.3) is 0 Å². The fourth-order valence-electron chi connectivity index (χ4n) is 3.06. The first-order valence-corrected chi connectivity index (χ1v) is 8.39. The van der Waals surface area contributed by atoms with Crippen LogP contribution in [-0.2, 0) is 6.54 Å². The van der Waals surface area contributed by atoms with Gasteiger partial charge >= 0.3 is 0 Å². The molecule has 1 aliphatic carbocycles. The van der Waals surface area contributed by atoms with Crippen molar-refractivity contribution in [1.29, 1.82) is 0 Å². The van der Waals surface area contributed by atoms with E-state index in [9.17, 15) is 4.39 Å². The van der Waals surface area contributed by atoms with E-state index in [2.05, 4.69) is 17.3 Å². The summed E-state index contributed by atoms with van der Waals surface area (Å²) in [4.78, 5) is 2.50. The first kappa shape index (κ1) is 16.7. The molecule has 0 unspecified atom stereocenters. The predicted molar refractivity (Wildman–Crippen MR) is 87.2 cm³/mol. The Hall–Kier alpha value is -0.640. The topological polar surface area (TPSA) is 15.3 Å². The van der Waals surface area contributed by atoms with E-state index < -0.39 is 0 Å². The molecule has 0 radical (unpaired) electrons. The smallest absolute Gasteiger partial charge is 0.123 e. The van der Waals surface area contributed by atoms with Crippen molar-refractivity contribution < 1.29 is 4.39 Å². The summed E-state index contributed by atoms with van der Waals surface area (Å²) in [6.07, 6.45) is 7.97. The maximum absolute atomic E-state index is 13.1. The van der Waals surface area contributed by atoms with Gasteiger partial charge in [-0.3, -0.25) is 0 Å². The number of halogens is 2. The van der Waals surface area contributed by atoms with Crippen molar-refractivity contribution in [2.45, 2.75) is 51.1 Å². The Balaban J connectivity index is 1.62. The van der Waals surface area contributed by atoms with Crippen LogP contribution in [0.4, 0.5) is 4.39 Å². The maximum atomic E-state index is 13.1. The third-order valence-corrected chi connectivity index (χ3v) is 4.75. The van der Waals surface area contributed by atoms with Gasteiger partial charge in [0.1, 0.15) is 5.82 Å². The van der Waals surface area contributed by atoms with Crippen LogP contribution < -0.4 is 5.32 Å². The highest BCUT2D eigenvalue weighted by Gasteiger charge is 2.17. The molecule has 1 saturated carbocycles. The van der Waals surface area contributed by atoms with E-state index in [1.807, 2.05) is 0 Å². The van der Waals surface area contributed by atoms with Crippen LogP contribution in [0.15, 0.2) is 18.2 Å². The lowest BCUT2D eigenvalue weighted by Crippen LogP contribution is -2.35. The van der Waals surface area contributed by atoms with E-state index in [1.54, 1.807) is 6.07 Å². The normalized spacial score (nSPS) is 16.6. The minimum absolute atomic E-state index is 0.228. The molecule has 1 aliphatic rings. The van der Waals surface area contributed by atoms with Crippen molar-refractivity contribution in [2.75, 3.05) is 20.1 Å². The third kappa shape index (κ3) is 5.57. The van der Waals surface area contributed by atoms with E-state index in [4.69, 9.17) is 11.6 Å². The Bertz CT molecular complexity index is 433. The van der Waals surface area contributed by atoms with Crippen LogP contribution in [0.3, 0.4) is 0 Å². The molecule has 0 aliphatic heterocycles. The molecule has 0 bridgehead atoms. The number of nitrogens with one attached hydrogen (secondary N) is 1. The molecular formula is C17H26ClFN2. The van der Waals surface area contributed by atoms with Crippen molar-refractivity contribution >= 4 is 11.6 Å². The Morgan fingerprint density at radius 1 is 1.29 bits per heavy atom. The van der Waals surface area contributed by atoms with Crippen LogP contribution in [0, 0.1) is 5.82 Å². The van der Waals surface area contributed by atoms with Gasteiger partial charge in [0.15, 0.2) is 0 Å². The molecule has 0 atom stereocenters. The van der Waals surface area contributed by atoms with Gasteiger partial charge in [-0.1, -0.05) is 30.9 Å². The fraction of sp³-hybridized carbons (Fsp3) is 0.647. The number of nitrogens with zero attached hydrogens (tertiary/aromatic N) is 1. The van der Waals surface area contributed by atoms with Gasteiger partial charge in [0.25, 0.3) is 0 Å². The second-order valence-corrected chi connectivity index (χ2v) is 6.45. The quantitative estimate of drug-likeness (QED) is 0.758. The Morgan fingerprint density at radius 2 is 2.05 bits per heavy atom. The molecule has 21 heavy (non-hydrogen) atoms. The number of hydrogen-bond donors (Lipinski definition) is 1. The Morgan fingerprint density at radius 3 is 2.81 bits per heavy atom. The highest BCUT2D eigenvalue weighted by atomic mass is 35.5. The second kappa shape index (κ2) is 8.72. The van der Waals surface area contributed by atoms with Gasteiger partial charge in [0.2, 0.25) is 0 Å². The zero-order chi connectivity index (χ0) is 15.1. The average Bonchev–Trinajstić information content (AvgIpc) is 2.51. The molecule has 0 aromatic heterocycles. The molecule has 1 aromatic rings. The summed E-state index contributed by atoms with van der Waals surface area (Å²) in [5.41, 5.74) is 0.831. The molecule has 1 fully saturated rings. The van der Waals surface area contributed by atoms with Crippen molar-refractivity contribution in [3.8, 4) is 0 Å². The summed E-state index contributed by atoms with van der Waals surface area (Å²) >= 11 is 6.05. The van der Waals surface area contributed by atoms with Gasteiger partial charge < -0.3 is 10.2 Å². The molecule has 0 amide bonds. The zero-order valence-electron chi connectivity index (χ0n) is 12.9. The van der Waals surface area contributed by atoms with Crippen molar-refractivity contribution in [1.82, 2.24) is 10.2 Å². The lowest BCUT2D eigenvalue weighted by Gasteiger charge is -2.31. The molecule has 118 valence electrons. The summed E-state index contributed by atoms with van der Waals surface area (Å²) in [7, 11) is 2.24. The van der Waals surface area contributed by atoms with Crippen LogP contribution in [0.1, 0.15) is 44.1 Å². The maximum Gasteiger partial charge on any atom is 0.123 e. The van der Waals surface area contributed by atoms with E-state index >= 15 is 0 Å². The monoisotopic (exact) mass is 312 g/mol. The molecular weight excluding hydrogens is 287 g/mol. The molecule has 0 saturated heterocycles. The zero-order valence-corrected chi connectivity index (χ0v) is 13.6. The molecule has 0 spiro atoms. The van der Waals surface area contributed by atoms with Crippen LogP contribution in [-0.4, -0.2) is 31.1 Å². The molecule has 1 N–H and O–H groups in total. The van der Waals surface area contributed by atoms with Crippen LogP contribution in [0.2, 0.25) is 5.02 Å². The molecule has 2 nitrogen and oxygen atoms in total. The highest BCUT2D eigenvalue weighted by Crippen LogP contribution is 2.21. The SMILES string of the molecule is CN(CCCNCc1cc(F)ccc1Cl)C1CCCCC1. The largest absolute Gasteiger partial charge is 0.313 e. The third-order valence-electron chi connectivity index (χ3n) is 4.39. The second-order valence-electron chi connectivity index (χ2n) is 6.04. The van der Waals surface area contributed by atoms with Crippen molar-refractivity contribution in [3.63, 3.8) is 0 Å². The van der Waals surface area contributed by atoms with Gasteiger partial charge in [0.05, 0.1) is 0 Å². The number of rotatable bonds is 7. The summed E-state index contributed by atoms with van der Waals surface area (Å²) in [5.74, 6) is -0.228. The van der Waals surface area contributed by atoms with E-state index in [-0.39, 0.29) is 5.82 Å². The first-order chi connectivity index (χ1) is 10.2. The van der Waals surface area contributed by atoms with Crippen LogP contribution in [0.5, 0.6) is 0 Å². The minimum Gasteiger partial charge on any atom is -0.313 e. The van der Waals surface area contributed by atoms with Gasteiger partial charge in [-0.15, -0.1) is 0 Å². The molecule has 1 aromatic carbocycles. The highest BCUT2D eigenvalue weighted by molar-refractivity contribution is 6.31. The first-order valence-electron chi connectivity index (χ1n) is 8.01. The summed E-state index contributed by atoms with van der Waals surface area (Å²) in [6.45, 7) is 2.68. The van der Waals surface area contributed by atoms with E-state index in [0.29, 0.717) is 11.6 Å². The van der Waals surface area contributed by atoms with Crippen LogP contribution >= 0.6 is 11.6 Å². The van der Waals surface area contributed by atoms with Gasteiger partial charge in [-0.25, -0.2) is 4.39 Å².